The third-order valence-corrected chi connectivity index (χ3v) is 25.0. The standard InChI is InChI=1S/C48H48N10O5.C31H29N5O2.C19H23N3O4/c49-42-34(11-6-27-53-42)43-55-37-19-18-35(54-44(37)57(43)32-16-14-31(15-17-32)48(50)23-7-24-48)30-9-4-8-29(28-30)13-21-39(59)52-26-3-1-2-25-51-36-12-5-10-33-41(36)47(63)58(46(33)62)38-20-22-40(60)56-45(38)61;1-31(16-4-17-31)22-9-11-23(12-10-22)36-29(24-7-3-18-33-28(24)32)35-26-14-13-25(34-30(26)36)21-6-2-5-20(19-21)8-15-27(37)38;20-11-4-2-1-3-6-12-7-5-8-13-16(12)19(26)22(18(13)25)14-9-10-15(23)21-17(14)24/h4-6,8-12,14-19,27-28,38,51H,1-3,7,13,20-26,50H2,(H2,49,53)(H,52,59)(H,56,60,61);2-3,5-7,9-14,18-19H,4,8,15-17H2,1H3,(H2,32,33)(H,37,38);5,7-8,14H,1-4,6,9-11,20H2,(H,21,23,24). The Morgan fingerprint density at radius 3 is 1.50 bits per heavy atom. The number of nitrogens with two attached hydrogens (primary N) is 4. The van der Waals surface area contributed by atoms with Crippen molar-refractivity contribution in [2.75, 3.05) is 36.4 Å². The molecule has 648 valence electrons. The Bertz CT molecular complexity index is 6290. The summed E-state index contributed by atoms with van der Waals surface area (Å²) in [7, 11) is 0. The molecule has 0 bridgehead atoms. The number of aryl methyl sites for hydroxylation is 3. The lowest BCUT2D eigenvalue weighted by molar-refractivity contribution is -0.137. The van der Waals surface area contributed by atoms with Crippen LogP contribution in [0, 0.1) is 0 Å². The van der Waals surface area contributed by atoms with Crippen molar-refractivity contribution in [2.45, 2.75) is 171 Å². The average molecular weight is 1710 g/mol. The van der Waals surface area contributed by atoms with E-state index in [2.05, 4.69) is 92.8 Å². The lowest BCUT2D eigenvalue weighted by Crippen LogP contribution is -2.54. The maximum atomic E-state index is 13.4. The fraction of sp³-hybridized carbons (Fsp3) is 0.306. The SMILES string of the molecule is CC1(c2ccc(-n3c(-c4cccnc4N)nc4ccc(-c5cccc(CCC(=O)O)c5)nc43)cc2)CCC1.NCCCCCCc1cccc2c1C(=O)N(C1CCC(=O)NC1=O)C2=O.Nc1ncccc1-c1nc2ccc(-c3cccc(CCC(=O)NCCCCCNc4cccc5c4C(=O)N(C4CCC(=O)NC4=O)C5=O)c3)nc2n1-c1ccc(C2(N)CCC2)cc1. The summed E-state index contributed by atoms with van der Waals surface area (Å²) in [6.45, 7) is 4.09. The van der Waals surface area contributed by atoms with Crippen molar-refractivity contribution in [3.8, 4) is 56.7 Å². The topological polar surface area (TPSA) is 437 Å². The van der Waals surface area contributed by atoms with E-state index >= 15 is 0 Å². The fourth-order valence-electron chi connectivity index (χ4n) is 17.6. The first-order valence-electron chi connectivity index (χ1n) is 43.5. The second-order valence-electron chi connectivity index (χ2n) is 33.6. The summed E-state index contributed by atoms with van der Waals surface area (Å²) in [6.07, 6.45) is 19.1. The first kappa shape index (κ1) is 86.2. The Morgan fingerprint density at radius 1 is 0.496 bits per heavy atom. The van der Waals surface area contributed by atoms with E-state index in [1.807, 2.05) is 106 Å². The molecule has 2 saturated heterocycles. The van der Waals surface area contributed by atoms with Gasteiger partial charge in [-0.1, -0.05) is 105 Å². The number of piperidine rings is 2. The van der Waals surface area contributed by atoms with Crippen molar-refractivity contribution in [3.05, 3.63) is 244 Å². The molecule has 127 heavy (non-hydrogen) atoms. The molecule has 0 spiro atoms. The Hall–Kier alpha value is -14.3. The van der Waals surface area contributed by atoms with E-state index in [0.29, 0.717) is 102 Å². The van der Waals surface area contributed by atoms with Gasteiger partial charge in [-0.25, -0.2) is 29.9 Å². The highest BCUT2D eigenvalue weighted by atomic mass is 16.4. The van der Waals surface area contributed by atoms with Gasteiger partial charge >= 0.3 is 5.97 Å². The smallest absolute Gasteiger partial charge is 0.303 e. The molecule has 6 aromatic heterocycles. The number of imide groups is 4. The molecule has 10 heterocycles. The van der Waals surface area contributed by atoms with Gasteiger partial charge in [-0.3, -0.25) is 77.5 Å². The Labute approximate surface area is 733 Å². The molecule has 6 aromatic carbocycles. The number of pyridine rings is 4. The highest BCUT2D eigenvalue weighted by Gasteiger charge is 2.48. The number of fused-ring (bicyclic) bond motifs is 4. The van der Waals surface area contributed by atoms with Crippen LogP contribution < -0.4 is 44.2 Å². The lowest BCUT2D eigenvalue weighted by atomic mass is 9.66. The van der Waals surface area contributed by atoms with Crippen molar-refractivity contribution in [1.29, 1.82) is 0 Å². The summed E-state index contributed by atoms with van der Waals surface area (Å²) in [5, 5.41) is 19.8. The maximum Gasteiger partial charge on any atom is 0.303 e. The molecule has 2 atom stereocenters. The maximum absolute atomic E-state index is 13.4. The van der Waals surface area contributed by atoms with Crippen molar-refractivity contribution >= 4 is 98.8 Å². The number of imidazole rings is 2. The number of anilines is 3. The molecule has 9 amide bonds. The number of carboxylic acids is 1. The Balaban J connectivity index is 0.000000156. The summed E-state index contributed by atoms with van der Waals surface area (Å²) in [4.78, 5) is 154. The van der Waals surface area contributed by atoms with Gasteiger partial charge in [-0.05, 0) is 239 Å². The number of rotatable bonds is 29. The molecule has 4 aliphatic heterocycles. The molecular weight excluding hydrogens is 1610 g/mol. The van der Waals surface area contributed by atoms with Gasteiger partial charge in [0, 0.05) is 84.9 Å². The number of nitrogens with one attached hydrogen (secondary N) is 4. The van der Waals surface area contributed by atoms with E-state index in [1.165, 1.54) is 24.8 Å². The minimum atomic E-state index is -1.01. The number of aromatic nitrogens is 8. The van der Waals surface area contributed by atoms with Crippen LogP contribution in [-0.2, 0) is 59.0 Å². The van der Waals surface area contributed by atoms with Crippen molar-refractivity contribution in [3.63, 3.8) is 0 Å². The molecule has 6 aliphatic rings. The summed E-state index contributed by atoms with van der Waals surface area (Å²) in [6, 6.07) is 56.7. The first-order valence-corrected chi connectivity index (χ1v) is 43.5. The van der Waals surface area contributed by atoms with Gasteiger partial charge in [0.05, 0.1) is 44.8 Å². The van der Waals surface area contributed by atoms with Gasteiger partial charge in [0.25, 0.3) is 23.6 Å². The summed E-state index contributed by atoms with van der Waals surface area (Å²) < 4.78 is 4.07. The second kappa shape index (κ2) is 37.6. The largest absolute Gasteiger partial charge is 0.481 e. The molecule has 0 radical (unpaired) electrons. The van der Waals surface area contributed by atoms with Crippen LogP contribution in [0.25, 0.3) is 79.0 Å². The van der Waals surface area contributed by atoms with Crippen LogP contribution in [0.1, 0.15) is 198 Å². The molecule has 29 nitrogen and oxygen atoms in total. The van der Waals surface area contributed by atoms with Crippen molar-refractivity contribution in [2.24, 2.45) is 11.5 Å². The van der Waals surface area contributed by atoms with Gasteiger partial charge < -0.3 is 38.7 Å². The number of hydrogen-bond donors (Lipinski definition) is 9. The lowest BCUT2D eigenvalue weighted by Gasteiger charge is -2.39. The third-order valence-electron chi connectivity index (χ3n) is 25.0. The molecule has 2 unspecified atom stereocenters. The minimum absolute atomic E-state index is 0.0309. The Morgan fingerprint density at radius 2 is 0.984 bits per heavy atom. The van der Waals surface area contributed by atoms with Gasteiger partial charge in [-0.15, -0.1) is 0 Å². The number of nitrogen functional groups attached to an aromatic ring is 2. The van der Waals surface area contributed by atoms with E-state index in [0.717, 1.165) is 147 Å². The Kier molecular flexibility index (Phi) is 25.5. The average Bonchev–Trinajstić information content (AvgIpc) is 1.63. The highest BCUT2D eigenvalue weighted by Crippen LogP contribution is 2.45. The summed E-state index contributed by atoms with van der Waals surface area (Å²) in [5.74, 6) is -2.70. The predicted octanol–water partition coefficient (Wildman–Crippen LogP) is 13.1. The van der Waals surface area contributed by atoms with Crippen LogP contribution in [0.15, 0.2) is 194 Å². The zero-order valence-electron chi connectivity index (χ0n) is 70.6. The number of aliphatic carboxylic acids is 1. The number of carbonyl (C=O) groups excluding carboxylic acids is 9. The fourth-order valence-corrected chi connectivity index (χ4v) is 17.6. The molecule has 29 heteroatoms. The zero-order chi connectivity index (χ0) is 88.6. The van der Waals surface area contributed by atoms with Crippen LogP contribution in [0.5, 0.6) is 0 Å². The van der Waals surface area contributed by atoms with Crippen molar-refractivity contribution in [1.82, 2.24) is 64.8 Å². The highest BCUT2D eigenvalue weighted by molar-refractivity contribution is 6.26. The normalized spacial score (nSPS) is 16.7. The quantitative estimate of drug-likeness (QED) is 0.0155. The van der Waals surface area contributed by atoms with Gasteiger partial charge in [0.15, 0.2) is 22.9 Å². The van der Waals surface area contributed by atoms with E-state index in [1.54, 1.807) is 42.7 Å². The number of amides is 9. The van der Waals surface area contributed by atoms with Gasteiger partial charge in [-0.2, -0.15) is 0 Å². The van der Waals surface area contributed by atoms with Crippen LogP contribution >= 0.6 is 0 Å². The molecular formula is C98H100N18O11. The zero-order valence-corrected chi connectivity index (χ0v) is 70.6. The third kappa shape index (κ3) is 18.3. The summed E-state index contributed by atoms with van der Waals surface area (Å²) >= 11 is 0. The number of carboxylic acid groups (broad SMARTS) is 1. The van der Waals surface area contributed by atoms with Crippen LogP contribution in [0.3, 0.4) is 0 Å². The van der Waals surface area contributed by atoms with Gasteiger partial charge in [0.1, 0.15) is 34.8 Å². The molecule has 18 rings (SSSR count). The van der Waals surface area contributed by atoms with E-state index in [-0.39, 0.29) is 66.0 Å². The number of benzene rings is 6. The number of hydrogen-bond acceptors (Lipinski definition) is 21. The molecule has 4 fully saturated rings. The monoisotopic (exact) mass is 1700 g/mol. The molecule has 13 N–H and O–H groups in total. The van der Waals surface area contributed by atoms with Crippen LogP contribution in [0.2, 0.25) is 0 Å². The number of nitrogens with zero attached hydrogens (tertiary/aromatic N) is 10. The van der Waals surface area contributed by atoms with E-state index in [9.17, 15) is 47.9 Å². The second-order valence-corrected chi connectivity index (χ2v) is 33.6. The number of unbranched alkanes of at least 4 members (excludes halogenated alkanes) is 5. The molecule has 2 aliphatic carbocycles. The van der Waals surface area contributed by atoms with Crippen molar-refractivity contribution < 1.29 is 53.1 Å². The predicted molar refractivity (Wildman–Crippen MR) is 482 cm³/mol. The first-order chi connectivity index (χ1) is 61.5. The summed E-state index contributed by atoms with van der Waals surface area (Å²) in [5.41, 5.74) is 41.4. The van der Waals surface area contributed by atoms with E-state index < -0.39 is 59.4 Å². The molecule has 2 saturated carbocycles. The van der Waals surface area contributed by atoms with Crippen LogP contribution in [0.4, 0.5) is 17.3 Å². The molecule has 12 aromatic rings. The van der Waals surface area contributed by atoms with Crippen LogP contribution in [-0.4, -0.2) is 145 Å². The number of carbonyl (C=O) groups is 10. The van der Waals surface area contributed by atoms with Gasteiger partial charge in [0.2, 0.25) is 29.5 Å². The van der Waals surface area contributed by atoms with E-state index in [4.69, 9.17) is 48.0 Å². The minimum Gasteiger partial charge on any atom is -0.481 e.